The lowest BCUT2D eigenvalue weighted by Crippen LogP contribution is -2.36. The summed E-state index contributed by atoms with van der Waals surface area (Å²) in [6, 6.07) is 16.2. The predicted molar refractivity (Wildman–Crippen MR) is 87.6 cm³/mol. The fourth-order valence-electron chi connectivity index (χ4n) is 2.61. The molecule has 0 spiro atoms. The summed E-state index contributed by atoms with van der Waals surface area (Å²) in [4.78, 5) is 0. The third-order valence-electron chi connectivity index (χ3n) is 4.01. The van der Waals surface area contributed by atoms with Crippen LogP contribution in [0.25, 0.3) is 0 Å². The van der Waals surface area contributed by atoms with E-state index < -0.39 is 0 Å². The van der Waals surface area contributed by atoms with Crippen LogP contribution >= 0.6 is 23.2 Å². The summed E-state index contributed by atoms with van der Waals surface area (Å²) in [5, 5.41) is 1.23. The van der Waals surface area contributed by atoms with Gasteiger partial charge in [-0.2, -0.15) is 0 Å². The molecule has 1 atom stereocenters. The SMILES string of the molecule is CCC(CN)(Cc1cccc(Cl)c1Cl)c1ccccc1. The summed E-state index contributed by atoms with van der Waals surface area (Å²) in [6.45, 7) is 2.74. The van der Waals surface area contributed by atoms with Gasteiger partial charge in [-0.05, 0) is 30.0 Å². The Balaban J connectivity index is 2.42. The number of nitrogens with two attached hydrogens (primary N) is 1. The van der Waals surface area contributed by atoms with E-state index in [1.54, 1.807) is 0 Å². The molecule has 2 aromatic carbocycles. The van der Waals surface area contributed by atoms with E-state index in [9.17, 15) is 0 Å². The standard InChI is InChI=1S/C17H19Cl2N/c1-2-17(12-20,14-8-4-3-5-9-14)11-13-7-6-10-15(18)16(13)19/h3-10H,2,11-12,20H2,1H3. The van der Waals surface area contributed by atoms with Gasteiger partial charge in [-0.25, -0.2) is 0 Å². The van der Waals surface area contributed by atoms with Crippen molar-refractivity contribution in [3.05, 3.63) is 69.7 Å². The van der Waals surface area contributed by atoms with Crippen LogP contribution in [-0.2, 0) is 11.8 Å². The van der Waals surface area contributed by atoms with E-state index in [2.05, 4.69) is 31.2 Å². The van der Waals surface area contributed by atoms with Gasteiger partial charge in [0, 0.05) is 12.0 Å². The van der Waals surface area contributed by atoms with Crippen molar-refractivity contribution in [2.45, 2.75) is 25.2 Å². The summed E-state index contributed by atoms with van der Waals surface area (Å²) in [6.07, 6.45) is 1.75. The molecular formula is C17H19Cl2N. The minimum Gasteiger partial charge on any atom is -0.330 e. The highest BCUT2D eigenvalue weighted by molar-refractivity contribution is 6.42. The molecular weight excluding hydrogens is 289 g/mol. The Hall–Kier alpha value is -1.02. The smallest absolute Gasteiger partial charge is 0.0624 e. The minimum atomic E-state index is -0.102. The first-order valence-corrected chi connectivity index (χ1v) is 7.57. The van der Waals surface area contributed by atoms with Gasteiger partial charge in [-0.15, -0.1) is 0 Å². The van der Waals surface area contributed by atoms with Crippen molar-refractivity contribution in [1.82, 2.24) is 0 Å². The largest absolute Gasteiger partial charge is 0.330 e. The van der Waals surface area contributed by atoms with Crippen LogP contribution in [0.4, 0.5) is 0 Å². The topological polar surface area (TPSA) is 26.0 Å². The zero-order valence-electron chi connectivity index (χ0n) is 11.6. The van der Waals surface area contributed by atoms with Crippen LogP contribution in [0.3, 0.4) is 0 Å². The fourth-order valence-corrected chi connectivity index (χ4v) is 2.99. The molecule has 0 aliphatic heterocycles. The van der Waals surface area contributed by atoms with Crippen molar-refractivity contribution in [1.29, 1.82) is 0 Å². The molecule has 0 radical (unpaired) electrons. The number of rotatable bonds is 5. The molecule has 0 bridgehead atoms. The Labute approximate surface area is 130 Å². The quantitative estimate of drug-likeness (QED) is 0.840. The summed E-state index contributed by atoms with van der Waals surface area (Å²) in [5.74, 6) is 0. The Morgan fingerprint density at radius 3 is 2.30 bits per heavy atom. The van der Waals surface area contributed by atoms with Gasteiger partial charge in [0.1, 0.15) is 0 Å². The molecule has 2 aromatic rings. The van der Waals surface area contributed by atoms with Gasteiger partial charge < -0.3 is 5.73 Å². The van der Waals surface area contributed by atoms with E-state index in [4.69, 9.17) is 28.9 Å². The van der Waals surface area contributed by atoms with Crippen LogP contribution in [0.1, 0.15) is 24.5 Å². The van der Waals surface area contributed by atoms with Gasteiger partial charge in [0.15, 0.2) is 0 Å². The lowest BCUT2D eigenvalue weighted by Gasteiger charge is -2.32. The van der Waals surface area contributed by atoms with Crippen LogP contribution in [0, 0.1) is 0 Å². The third-order valence-corrected chi connectivity index (χ3v) is 4.87. The fraction of sp³-hybridized carbons (Fsp3) is 0.294. The molecule has 20 heavy (non-hydrogen) atoms. The van der Waals surface area contributed by atoms with Gasteiger partial charge in [-0.1, -0.05) is 72.6 Å². The molecule has 0 fully saturated rings. The minimum absolute atomic E-state index is 0.102. The van der Waals surface area contributed by atoms with E-state index >= 15 is 0 Å². The van der Waals surface area contributed by atoms with E-state index in [0.29, 0.717) is 16.6 Å². The van der Waals surface area contributed by atoms with Crippen molar-refractivity contribution >= 4 is 23.2 Å². The maximum absolute atomic E-state index is 6.33. The molecule has 0 aliphatic carbocycles. The number of hydrogen-bond acceptors (Lipinski definition) is 1. The highest BCUT2D eigenvalue weighted by Gasteiger charge is 2.30. The Bertz CT molecular complexity index is 562. The predicted octanol–water partition coefficient (Wildman–Crippen LogP) is 4.84. The zero-order chi connectivity index (χ0) is 14.6. The Kier molecular flexibility index (Phi) is 5.09. The molecule has 0 heterocycles. The van der Waals surface area contributed by atoms with Crippen LogP contribution in [-0.4, -0.2) is 6.54 Å². The maximum Gasteiger partial charge on any atom is 0.0624 e. The van der Waals surface area contributed by atoms with Crippen molar-refractivity contribution in [3.8, 4) is 0 Å². The highest BCUT2D eigenvalue weighted by atomic mass is 35.5. The molecule has 0 saturated heterocycles. The third kappa shape index (κ3) is 3.01. The maximum atomic E-state index is 6.33. The van der Waals surface area contributed by atoms with Crippen molar-refractivity contribution in [2.75, 3.05) is 6.54 Å². The lowest BCUT2D eigenvalue weighted by molar-refractivity contribution is 0.418. The molecule has 3 heteroatoms. The normalized spacial score (nSPS) is 14.0. The van der Waals surface area contributed by atoms with Crippen LogP contribution in [0.2, 0.25) is 10.0 Å². The van der Waals surface area contributed by atoms with Crippen LogP contribution in [0.15, 0.2) is 48.5 Å². The van der Waals surface area contributed by atoms with Crippen LogP contribution in [0.5, 0.6) is 0 Å². The molecule has 106 valence electrons. The Morgan fingerprint density at radius 1 is 1.00 bits per heavy atom. The first-order valence-electron chi connectivity index (χ1n) is 6.81. The molecule has 1 nitrogen and oxygen atoms in total. The molecule has 0 aromatic heterocycles. The van der Waals surface area contributed by atoms with Gasteiger partial charge >= 0.3 is 0 Å². The average Bonchev–Trinajstić information content (AvgIpc) is 2.50. The number of halogens is 2. The Morgan fingerprint density at radius 2 is 1.70 bits per heavy atom. The second kappa shape index (κ2) is 6.62. The van der Waals surface area contributed by atoms with Crippen LogP contribution < -0.4 is 5.73 Å². The molecule has 0 amide bonds. The summed E-state index contributed by atoms with van der Waals surface area (Å²) < 4.78 is 0. The summed E-state index contributed by atoms with van der Waals surface area (Å²) in [5.41, 5.74) is 8.31. The van der Waals surface area contributed by atoms with Gasteiger partial charge in [-0.3, -0.25) is 0 Å². The summed E-state index contributed by atoms with van der Waals surface area (Å²) >= 11 is 12.4. The van der Waals surface area contributed by atoms with E-state index in [1.165, 1.54) is 5.56 Å². The van der Waals surface area contributed by atoms with Crippen molar-refractivity contribution < 1.29 is 0 Å². The number of hydrogen-bond donors (Lipinski definition) is 1. The second-order valence-electron chi connectivity index (χ2n) is 5.09. The summed E-state index contributed by atoms with van der Waals surface area (Å²) in [7, 11) is 0. The van der Waals surface area contributed by atoms with Gasteiger partial charge in [0.2, 0.25) is 0 Å². The number of benzene rings is 2. The average molecular weight is 308 g/mol. The zero-order valence-corrected chi connectivity index (χ0v) is 13.1. The molecule has 0 saturated carbocycles. The first-order chi connectivity index (χ1) is 9.63. The van der Waals surface area contributed by atoms with Crippen molar-refractivity contribution in [3.63, 3.8) is 0 Å². The first kappa shape index (κ1) is 15.4. The molecule has 0 aliphatic rings. The molecule has 1 unspecified atom stereocenters. The molecule has 2 N–H and O–H groups in total. The monoisotopic (exact) mass is 307 g/mol. The van der Waals surface area contributed by atoms with Crippen molar-refractivity contribution in [2.24, 2.45) is 5.73 Å². The van der Waals surface area contributed by atoms with E-state index in [-0.39, 0.29) is 5.41 Å². The molecule has 2 rings (SSSR count). The van der Waals surface area contributed by atoms with Gasteiger partial charge in [0.05, 0.1) is 10.0 Å². The lowest BCUT2D eigenvalue weighted by atomic mass is 9.73. The van der Waals surface area contributed by atoms with Gasteiger partial charge in [0.25, 0.3) is 0 Å². The van der Waals surface area contributed by atoms with E-state index in [0.717, 1.165) is 18.4 Å². The highest BCUT2D eigenvalue weighted by Crippen LogP contribution is 2.35. The second-order valence-corrected chi connectivity index (χ2v) is 5.88. The van der Waals surface area contributed by atoms with E-state index in [1.807, 2.05) is 24.3 Å².